The topological polar surface area (TPSA) is 92.1 Å². The van der Waals surface area contributed by atoms with Crippen LogP contribution in [0.25, 0.3) is 10.9 Å². The van der Waals surface area contributed by atoms with Crippen molar-refractivity contribution in [2.24, 2.45) is 0 Å². The Balaban J connectivity index is 2.03. The zero-order valence-corrected chi connectivity index (χ0v) is 13.5. The quantitative estimate of drug-likeness (QED) is 0.789. The van der Waals surface area contributed by atoms with E-state index in [-0.39, 0.29) is 16.2 Å². The van der Waals surface area contributed by atoms with Gasteiger partial charge in [-0.25, -0.2) is 8.42 Å². The highest BCUT2D eigenvalue weighted by Gasteiger charge is 2.20. The van der Waals surface area contributed by atoms with Gasteiger partial charge in [0.2, 0.25) is 0 Å². The summed E-state index contributed by atoms with van der Waals surface area (Å²) in [5.74, 6) is 0.162. The van der Waals surface area contributed by atoms with Gasteiger partial charge in [-0.1, -0.05) is 18.2 Å². The van der Waals surface area contributed by atoms with Crippen molar-refractivity contribution in [2.75, 3.05) is 11.8 Å². The van der Waals surface area contributed by atoms with E-state index in [0.29, 0.717) is 5.69 Å². The van der Waals surface area contributed by atoms with Crippen LogP contribution in [-0.4, -0.2) is 20.5 Å². The third-order valence-electron chi connectivity index (χ3n) is 3.42. The van der Waals surface area contributed by atoms with E-state index in [1.807, 2.05) is 30.3 Å². The number of rotatable bonds is 4. The molecule has 0 amide bonds. The molecule has 0 saturated heterocycles. The van der Waals surface area contributed by atoms with E-state index in [4.69, 9.17) is 10.00 Å². The standard InChI is InChI=1S/C17H13N3O3S/c1-23-16-7-6-12(10-18)8-17(16)24(21,22)20-14-9-13-4-2-3-5-15(13)19-11-14/h2-9,11,20H,1H3. The number of pyridine rings is 1. The summed E-state index contributed by atoms with van der Waals surface area (Å²) in [5, 5.41) is 9.80. The molecule has 3 aromatic rings. The van der Waals surface area contributed by atoms with Gasteiger partial charge in [0.25, 0.3) is 10.0 Å². The lowest BCUT2D eigenvalue weighted by atomic mass is 10.2. The van der Waals surface area contributed by atoms with Gasteiger partial charge in [0.15, 0.2) is 0 Å². The molecule has 0 aliphatic heterocycles. The molecule has 120 valence electrons. The summed E-state index contributed by atoms with van der Waals surface area (Å²) in [5.41, 5.74) is 1.33. The first-order chi connectivity index (χ1) is 11.5. The second-order valence-electron chi connectivity index (χ2n) is 5.00. The molecule has 0 spiro atoms. The van der Waals surface area contributed by atoms with Gasteiger partial charge in [0.1, 0.15) is 10.6 Å². The second-order valence-corrected chi connectivity index (χ2v) is 6.65. The lowest BCUT2D eigenvalue weighted by molar-refractivity contribution is 0.403. The summed E-state index contributed by atoms with van der Waals surface area (Å²) < 4.78 is 32.9. The highest BCUT2D eigenvalue weighted by molar-refractivity contribution is 7.92. The zero-order chi connectivity index (χ0) is 17.2. The van der Waals surface area contributed by atoms with Crippen LogP contribution in [0, 0.1) is 11.3 Å². The van der Waals surface area contributed by atoms with Crippen LogP contribution in [0.4, 0.5) is 5.69 Å². The predicted octanol–water partition coefficient (Wildman–Crippen LogP) is 2.92. The number of benzene rings is 2. The van der Waals surface area contributed by atoms with Gasteiger partial charge < -0.3 is 4.74 Å². The fourth-order valence-corrected chi connectivity index (χ4v) is 3.52. The Morgan fingerprint density at radius 3 is 2.71 bits per heavy atom. The molecule has 0 aliphatic carbocycles. The first kappa shape index (κ1) is 15.8. The maximum absolute atomic E-state index is 12.7. The summed E-state index contributed by atoms with van der Waals surface area (Å²) in [7, 11) is -2.55. The summed E-state index contributed by atoms with van der Waals surface area (Å²) in [4.78, 5) is 4.12. The summed E-state index contributed by atoms with van der Waals surface area (Å²) >= 11 is 0. The van der Waals surface area contributed by atoms with Crippen molar-refractivity contribution in [2.45, 2.75) is 4.90 Å². The van der Waals surface area contributed by atoms with Gasteiger partial charge in [-0.3, -0.25) is 9.71 Å². The van der Waals surface area contributed by atoms with E-state index < -0.39 is 10.0 Å². The van der Waals surface area contributed by atoms with Gasteiger partial charge in [-0.2, -0.15) is 5.26 Å². The van der Waals surface area contributed by atoms with Crippen molar-refractivity contribution in [1.29, 1.82) is 5.26 Å². The SMILES string of the molecule is COc1ccc(C#N)cc1S(=O)(=O)Nc1cnc2ccccc2c1. The Labute approximate surface area is 139 Å². The third kappa shape index (κ3) is 3.00. The van der Waals surface area contributed by atoms with E-state index in [9.17, 15) is 8.42 Å². The number of nitrogens with zero attached hydrogens (tertiary/aromatic N) is 2. The molecule has 24 heavy (non-hydrogen) atoms. The Hall–Kier alpha value is -3.11. The number of fused-ring (bicyclic) bond motifs is 1. The molecule has 1 aromatic heterocycles. The van der Waals surface area contributed by atoms with Crippen LogP contribution in [0.15, 0.2) is 59.6 Å². The molecular weight excluding hydrogens is 326 g/mol. The molecule has 6 nitrogen and oxygen atoms in total. The van der Waals surface area contributed by atoms with Crippen LogP contribution in [0.3, 0.4) is 0 Å². The van der Waals surface area contributed by atoms with E-state index >= 15 is 0 Å². The van der Waals surface area contributed by atoms with Crippen LogP contribution in [0.1, 0.15) is 5.56 Å². The number of methoxy groups -OCH3 is 1. The molecule has 0 atom stereocenters. The third-order valence-corrected chi connectivity index (χ3v) is 4.83. The van der Waals surface area contributed by atoms with Crippen molar-refractivity contribution >= 4 is 26.6 Å². The van der Waals surface area contributed by atoms with Crippen LogP contribution in [0.5, 0.6) is 5.75 Å². The number of nitriles is 1. The van der Waals surface area contributed by atoms with E-state index in [1.54, 1.807) is 6.07 Å². The number of anilines is 1. The number of aromatic nitrogens is 1. The fraction of sp³-hybridized carbons (Fsp3) is 0.0588. The van der Waals surface area contributed by atoms with Crippen molar-refractivity contribution in [3.05, 3.63) is 60.3 Å². The van der Waals surface area contributed by atoms with E-state index in [1.165, 1.54) is 31.5 Å². The van der Waals surface area contributed by atoms with Crippen molar-refractivity contribution < 1.29 is 13.2 Å². The first-order valence-corrected chi connectivity index (χ1v) is 8.47. The Bertz CT molecular complexity index is 1060. The Morgan fingerprint density at radius 1 is 1.17 bits per heavy atom. The molecule has 3 rings (SSSR count). The molecule has 0 radical (unpaired) electrons. The second kappa shape index (κ2) is 6.18. The van der Waals surface area contributed by atoms with Gasteiger partial charge in [0.05, 0.1) is 36.1 Å². The first-order valence-electron chi connectivity index (χ1n) is 6.99. The molecule has 0 unspecified atom stereocenters. The summed E-state index contributed by atoms with van der Waals surface area (Å²) in [6, 6.07) is 15.2. The lowest BCUT2D eigenvalue weighted by Gasteiger charge is -2.12. The lowest BCUT2D eigenvalue weighted by Crippen LogP contribution is -2.14. The largest absolute Gasteiger partial charge is 0.495 e. The summed E-state index contributed by atoms with van der Waals surface area (Å²) in [6.07, 6.45) is 1.44. The van der Waals surface area contributed by atoms with E-state index in [2.05, 4.69) is 9.71 Å². The van der Waals surface area contributed by atoms with Crippen LogP contribution in [-0.2, 0) is 10.0 Å². The Kier molecular flexibility index (Phi) is 4.06. The van der Waals surface area contributed by atoms with Crippen molar-refractivity contribution in [3.63, 3.8) is 0 Å². The van der Waals surface area contributed by atoms with E-state index in [0.717, 1.165) is 10.9 Å². The fourth-order valence-electron chi connectivity index (χ4n) is 2.29. The minimum atomic E-state index is -3.92. The van der Waals surface area contributed by atoms with Crippen molar-refractivity contribution in [3.8, 4) is 11.8 Å². The zero-order valence-electron chi connectivity index (χ0n) is 12.7. The molecule has 0 aliphatic rings. The van der Waals surface area contributed by atoms with Crippen LogP contribution in [0.2, 0.25) is 0 Å². The monoisotopic (exact) mass is 339 g/mol. The average Bonchev–Trinajstić information content (AvgIpc) is 2.60. The molecule has 0 saturated carbocycles. The average molecular weight is 339 g/mol. The van der Waals surface area contributed by atoms with Crippen LogP contribution < -0.4 is 9.46 Å². The number of para-hydroxylation sites is 1. The summed E-state index contributed by atoms with van der Waals surface area (Å²) in [6.45, 7) is 0. The van der Waals surface area contributed by atoms with Gasteiger partial charge in [0, 0.05) is 5.39 Å². The predicted molar refractivity (Wildman–Crippen MR) is 90.3 cm³/mol. The molecular formula is C17H13N3O3S. The minimum absolute atomic E-state index is 0.0998. The number of nitrogens with one attached hydrogen (secondary N) is 1. The maximum Gasteiger partial charge on any atom is 0.265 e. The number of ether oxygens (including phenoxy) is 1. The normalized spacial score (nSPS) is 11.0. The molecule has 1 heterocycles. The highest BCUT2D eigenvalue weighted by atomic mass is 32.2. The Morgan fingerprint density at radius 2 is 1.96 bits per heavy atom. The molecule has 7 heteroatoms. The number of hydrogen-bond donors (Lipinski definition) is 1. The van der Waals surface area contributed by atoms with Gasteiger partial charge >= 0.3 is 0 Å². The molecule has 1 N–H and O–H groups in total. The van der Waals surface area contributed by atoms with Crippen molar-refractivity contribution in [1.82, 2.24) is 4.98 Å². The smallest absolute Gasteiger partial charge is 0.265 e. The minimum Gasteiger partial charge on any atom is -0.495 e. The maximum atomic E-state index is 12.7. The molecule has 0 bridgehead atoms. The molecule has 2 aromatic carbocycles. The molecule has 0 fully saturated rings. The number of sulfonamides is 1. The number of hydrogen-bond acceptors (Lipinski definition) is 5. The van der Waals surface area contributed by atoms with Gasteiger partial charge in [-0.15, -0.1) is 0 Å². The highest BCUT2D eigenvalue weighted by Crippen LogP contribution is 2.27. The van der Waals surface area contributed by atoms with Gasteiger partial charge in [-0.05, 0) is 30.3 Å². The van der Waals surface area contributed by atoms with Crippen LogP contribution >= 0.6 is 0 Å².